The molecule has 1 aliphatic heterocycles. The Labute approximate surface area is 197 Å². The van der Waals surface area contributed by atoms with Crippen molar-refractivity contribution >= 4 is 34.9 Å². The molecule has 1 N–H and O–H groups in total. The summed E-state index contributed by atoms with van der Waals surface area (Å²) in [7, 11) is 0. The quantitative estimate of drug-likeness (QED) is 0.468. The number of hydrogen-bond acceptors (Lipinski definition) is 5. The van der Waals surface area contributed by atoms with Crippen molar-refractivity contribution in [1.29, 1.82) is 0 Å². The van der Waals surface area contributed by atoms with Crippen LogP contribution in [0.5, 0.6) is 5.75 Å². The number of thiazole rings is 1. The summed E-state index contributed by atoms with van der Waals surface area (Å²) in [6.07, 6.45) is 5.92. The normalized spacial score (nSPS) is 14.0. The van der Waals surface area contributed by atoms with Crippen LogP contribution in [-0.2, 0) is 22.7 Å². The summed E-state index contributed by atoms with van der Waals surface area (Å²) < 4.78 is 5.75. The van der Waals surface area contributed by atoms with E-state index in [4.69, 9.17) is 4.74 Å². The number of carbonyl (C=O) groups is 2. The van der Waals surface area contributed by atoms with Gasteiger partial charge >= 0.3 is 0 Å². The summed E-state index contributed by atoms with van der Waals surface area (Å²) in [5.74, 6) is 0.750. The first-order valence-corrected chi connectivity index (χ1v) is 11.9. The van der Waals surface area contributed by atoms with Gasteiger partial charge in [0, 0.05) is 36.7 Å². The maximum absolute atomic E-state index is 12.4. The van der Waals surface area contributed by atoms with Gasteiger partial charge in [-0.1, -0.05) is 24.3 Å². The van der Waals surface area contributed by atoms with Crippen LogP contribution in [-0.4, -0.2) is 28.2 Å². The number of benzene rings is 2. The SMILES string of the molecule is Cc1nc(COc2ccc(/C=C/C(=O)Nc3cccc(CN4CCCCC4=O)c3)cc2)cs1. The third kappa shape index (κ3) is 6.76. The second-order valence-electron chi connectivity index (χ2n) is 8.01. The number of ether oxygens (including phenoxy) is 1. The average molecular weight is 462 g/mol. The van der Waals surface area contributed by atoms with Crippen molar-refractivity contribution in [2.45, 2.75) is 39.3 Å². The van der Waals surface area contributed by atoms with E-state index >= 15 is 0 Å². The van der Waals surface area contributed by atoms with Gasteiger partial charge in [0.2, 0.25) is 11.8 Å². The predicted octanol–water partition coefficient (Wildman–Crippen LogP) is 5.19. The lowest BCUT2D eigenvalue weighted by molar-refractivity contribution is -0.133. The van der Waals surface area contributed by atoms with E-state index in [9.17, 15) is 9.59 Å². The van der Waals surface area contributed by atoms with Gasteiger partial charge in [-0.05, 0) is 61.2 Å². The number of hydrogen-bond donors (Lipinski definition) is 1. The molecule has 0 aliphatic carbocycles. The van der Waals surface area contributed by atoms with Gasteiger partial charge in [0.1, 0.15) is 12.4 Å². The summed E-state index contributed by atoms with van der Waals surface area (Å²) in [5.41, 5.74) is 3.55. The van der Waals surface area contributed by atoms with Gasteiger partial charge in [0.05, 0.1) is 10.7 Å². The molecule has 2 amide bonds. The molecule has 1 saturated heterocycles. The zero-order chi connectivity index (χ0) is 23.0. The van der Waals surface area contributed by atoms with Crippen LogP contribution in [0.4, 0.5) is 5.69 Å². The third-order valence-electron chi connectivity index (χ3n) is 5.35. The standard InChI is InChI=1S/C26H27N3O3S/c1-19-27-23(18-33-19)17-32-24-11-8-20(9-12-24)10-13-25(30)28-22-6-4-5-21(15-22)16-29-14-3-2-7-26(29)31/h4-6,8-13,15,18H,2-3,7,14,16-17H2,1H3,(H,28,30)/b13-10+. The summed E-state index contributed by atoms with van der Waals surface area (Å²) >= 11 is 1.61. The Hall–Kier alpha value is -3.45. The fourth-order valence-corrected chi connectivity index (χ4v) is 4.26. The molecule has 2 heterocycles. The lowest BCUT2D eigenvalue weighted by Crippen LogP contribution is -2.34. The van der Waals surface area contributed by atoms with E-state index in [1.54, 1.807) is 17.4 Å². The van der Waals surface area contributed by atoms with Gasteiger partial charge in [0.25, 0.3) is 0 Å². The number of nitrogens with one attached hydrogen (secondary N) is 1. The Balaban J connectivity index is 1.28. The molecular formula is C26H27N3O3S. The zero-order valence-corrected chi connectivity index (χ0v) is 19.4. The van der Waals surface area contributed by atoms with Crippen LogP contribution in [0.15, 0.2) is 60.0 Å². The number of carbonyl (C=O) groups excluding carboxylic acids is 2. The molecule has 1 aromatic heterocycles. The van der Waals surface area contributed by atoms with Crippen molar-refractivity contribution in [3.8, 4) is 5.75 Å². The molecule has 2 aromatic carbocycles. The van der Waals surface area contributed by atoms with Gasteiger partial charge in [-0.15, -0.1) is 11.3 Å². The first kappa shape index (κ1) is 22.7. The molecule has 3 aromatic rings. The van der Waals surface area contributed by atoms with Gasteiger partial charge in [0.15, 0.2) is 0 Å². The first-order chi connectivity index (χ1) is 16.0. The molecule has 7 heteroatoms. The lowest BCUT2D eigenvalue weighted by Gasteiger charge is -2.26. The monoisotopic (exact) mass is 461 g/mol. The summed E-state index contributed by atoms with van der Waals surface area (Å²) in [5, 5.41) is 5.91. The maximum Gasteiger partial charge on any atom is 0.248 e. The van der Waals surface area contributed by atoms with E-state index in [0.29, 0.717) is 25.3 Å². The number of nitrogens with zero attached hydrogens (tertiary/aromatic N) is 2. The third-order valence-corrected chi connectivity index (χ3v) is 6.17. The fourth-order valence-electron chi connectivity index (χ4n) is 3.66. The van der Waals surface area contributed by atoms with Gasteiger partial charge < -0.3 is 15.0 Å². The predicted molar refractivity (Wildman–Crippen MR) is 131 cm³/mol. The molecular weight excluding hydrogens is 434 g/mol. The number of likely N-dealkylation sites (tertiary alicyclic amines) is 1. The smallest absolute Gasteiger partial charge is 0.248 e. The van der Waals surface area contributed by atoms with Crippen LogP contribution in [0, 0.1) is 6.92 Å². The average Bonchev–Trinajstić information content (AvgIpc) is 3.24. The van der Waals surface area contributed by atoms with Crippen LogP contribution in [0.1, 0.15) is 41.1 Å². The van der Waals surface area contributed by atoms with Crippen LogP contribution < -0.4 is 10.1 Å². The zero-order valence-electron chi connectivity index (χ0n) is 18.6. The minimum absolute atomic E-state index is 0.202. The highest BCUT2D eigenvalue weighted by Crippen LogP contribution is 2.18. The largest absolute Gasteiger partial charge is 0.487 e. The van der Waals surface area contributed by atoms with Gasteiger partial charge in [-0.25, -0.2) is 4.98 Å². The highest BCUT2D eigenvalue weighted by molar-refractivity contribution is 7.09. The van der Waals surface area contributed by atoms with E-state index in [-0.39, 0.29) is 11.8 Å². The minimum atomic E-state index is -0.208. The Morgan fingerprint density at radius 3 is 2.82 bits per heavy atom. The summed E-state index contributed by atoms with van der Waals surface area (Å²) in [6.45, 7) is 3.79. The number of aromatic nitrogens is 1. The summed E-state index contributed by atoms with van der Waals surface area (Å²) in [4.78, 5) is 30.7. The molecule has 1 fully saturated rings. The molecule has 0 atom stereocenters. The van der Waals surface area contributed by atoms with Crippen molar-refractivity contribution in [3.05, 3.63) is 81.8 Å². The number of rotatable bonds is 8. The number of anilines is 1. The molecule has 0 bridgehead atoms. The van der Waals surface area contributed by atoms with E-state index in [2.05, 4.69) is 10.3 Å². The van der Waals surface area contributed by atoms with Crippen LogP contribution in [0.25, 0.3) is 6.08 Å². The van der Waals surface area contributed by atoms with Crippen molar-refractivity contribution < 1.29 is 14.3 Å². The molecule has 6 nitrogen and oxygen atoms in total. The second kappa shape index (κ2) is 10.9. The lowest BCUT2D eigenvalue weighted by atomic mass is 10.1. The molecule has 33 heavy (non-hydrogen) atoms. The molecule has 0 saturated carbocycles. The Bertz CT molecular complexity index is 1140. The van der Waals surface area contributed by atoms with E-state index in [1.807, 2.05) is 65.7 Å². The van der Waals surface area contributed by atoms with Crippen molar-refractivity contribution in [2.75, 3.05) is 11.9 Å². The fraction of sp³-hybridized carbons (Fsp3) is 0.269. The van der Waals surface area contributed by atoms with Crippen LogP contribution in [0.3, 0.4) is 0 Å². The van der Waals surface area contributed by atoms with Crippen LogP contribution >= 0.6 is 11.3 Å². The van der Waals surface area contributed by atoms with Crippen molar-refractivity contribution in [2.24, 2.45) is 0 Å². The maximum atomic E-state index is 12.4. The molecule has 170 valence electrons. The Morgan fingerprint density at radius 1 is 1.21 bits per heavy atom. The Kier molecular flexibility index (Phi) is 7.52. The molecule has 0 spiro atoms. The van der Waals surface area contributed by atoms with Crippen LogP contribution in [0.2, 0.25) is 0 Å². The minimum Gasteiger partial charge on any atom is -0.487 e. The number of aryl methyl sites for hydroxylation is 1. The topological polar surface area (TPSA) is 71.5 Å². The van der Waals surface area contributed by atoms with Gasteiger partial charge in [-0.3, -0.25) is 9.59 Å². The van der Waals surface area contributed by atoms with E-state index in [0.717, 1.165) is 47.0 Å². The molecule has 4 rings (SSSR count). The highest BCUT2D eigenvalue weighted by Gasteiger charge is 2.18. The van der Waals surface area contributed by atoms with Gasteiger partial charge in [-0.2, -0.15) is 0 Å². The Morgan fingerprint density at radius 2 is 2.06 bits per heavy atom. The highest BCUT2D eigenvalue weighted by atomic mass is 32.1. The van der Waals surface area contributed by atoms with Crippen molar-refractivity contribution in [3.63, 3.8) is 0 Å². The van der Waals surface area contributed by atoms with E-state index in [1.165, 1.54) is 6.08 Å². The molecule has 0 unspecified atom stereocenters. The van der Waals surface area contributed by atoms with Crippen molar-refractivity contribution in [1.82, 2.24) is 9.88 Å². The summed E-state index contributed by atoms with van der Waals surface area (Å²) in [6, 6.07) is 15.2. The van der Waals surface area contributed by atoms with E-state index < -0.39 is 0 Å². The number of piperidine rings is 1. The second-order valence-corrected chi connectivity index (χ2v) is 9.07. The molecule has 0 radical (unpaired) electrons. The number of amides is 2. The molecule has 1 aliphatic rings. The first-order valence-electron chi connectivity index (χ1n) is 11.0.